The minimum absolute atomic E-state index is 0.0254. The molecule has 0 aromatic heterocycles. The first-order chi connectivity index (χ1) is 13.1. The second-order valence-electron chi connectivity index (χ2n) is 6.72. The third-order valence-electron chi connectivity index (χ3n) is 4.69. The first-order valence-electron chi connectivity index (χ1n) is 9.15. The van der Waals surface area contributed by atoms with Gasteiger partial charge in [-0.25, -0.2) is 0 Å². The standard InChI is InChI=1S/C21H24ClN3O2/c22-19-8-6-18(7-9-19)16-24-10-12-25(13-11-24)21(27)15-23-20(26)14-17-4-2-1-3-5-17/h1-9H,10-16H2,(H,23,26). The molecular weight excluding hydrogens is 362 g/mol. The first-order valence-corrected chi connectivity index (χ1v) is 9.53. The quantitative estimate of drug-likeness (QED) is 0.830. The molecule has 0 radical (unpaired) electrons. The highest BCUT2D eigenvalue weighted by Crippen LogP contribution is 2.13. The largest absolute Gasteiger partial charge is 0.347 e. The van der Waals surface area contributed by atoms with E-state index in [0.29, 0.717) is 19.5 Å². The van der Waals surface area contributed by atoms with Crippen molar-refractivity contribution in [2.24, 2.45) is 0 Å². The SMILES string of the molecule is O=C(Cc1ccccc1)NCC(=O)N1CCN(Cc2ccc(Cl)cc2)CC1. The summed E-state index contributed by atoms with van der Waals surface area (Å²) in [4.78, 5) is 28.5. The molecule has 142 valence electrons. The van der Waals surface area contributed by atoms with E-state index in [4.69, 9.17) is 11.6 Å². The van der Waals surface area contributed by atoms with Crippen molar-refractivity contribution in [3.63, 3.8) is 0 Å². The van der Waals surface area contributed by atoms with Crippen molar-refractivity contribution in [1.29, 1.82) is 0 Å². The zero-order valence-electron chi connectivity index (χ0n) is 15.2. The molecule has 2 amide bonds. The van der Waals surface area contributed by atoms with Crippen LogP contribution >= 0.6 is 11.6 Å². The lowest BCUT2D eigenvalue weighted by molar-refractivity contribution is -0.134. The molecule has 1 aliphatic heterocycles. The molecule has 0 unspecified atom stereocenters. The Morgan fingerprint density at radius 2 is 1.56 bits per heavy atom. The van der Waals surface area contributed by atoms with E-state index in [1.807, 2.05) is 59.5 Å². The maximum atomic E-state index is 12.3. The van der Waals surface area contributed by atoms with Crippen LogP contribution in [0, 0.1) is 0 Å². The lowest BCUT2D eigenvalue weighted by Crippen LogP contribution is -2.50. The van der Waals surface area contributed by atoms with Crippen LogP contribution < -0.4 is 5.32 Å². The Hall–Kier alpha value is -2.37. The van der Waals surface area contributed by atoms with E-state index >= 15 is 0 Å². The number of hydrogen-bond acceptors (Lipinski definition) is 3. The van der Waals surface area contributed by atoms with E-state index in [-0.39, 0.29) is 18.4 Å². The van der Waals surface area contributed by atoms with Gasteiger partial charge in [-0.2, -0.15) is 0 Å². The van der Waals surface area contributed by atoms with Crippen molar-refractivity contribution in [3.8, 4) is 0 Å². The van der Waals surface area contributed by atoms with Gasteiger partial charge in [-0.15, -0.1) is 0 Å². The molecule has 2 aromatic carbocycles. The average molecular weight is 386 g/mol. The van der Waals surface area contributed by atoms with Crippen LogP contribution in [-0.2, 0) is 22.6 Å². The number of amides is 2. The van der Waals surface area contributed by atoms with Gasteiger partial charge in [0.2, 0.25) is 11.8 Å². The number of rotatable bonds is 6. The smallest absolute Gasteiger partial charge is 0.242 e. The third kappa shape index (κ3) is 6.08. The number of benzene rings is 2. The van der Waals surface area contributed by atoms with Crippen molar-refractivity contribution in [2.45, 2.75) is 13.0 Å². The second kappa shape index (κ2) is 9.53. The Labute approximate surface area is 164 Å². The van der Waals surface area contributed by atoms with E-state index in [0.717, 1.165) is 30.2 Å². The minimum atomic E-state index is -0.129. The molecule has 6 heteroatoms. The molecule has 2 aromatic rings. The summed E-state index contributed by atoms with van der Waals surface area (Å²) < 4.78 is 0. The first kappa shape index (κ1) is 19.4. The fraction of sp³-hybridized carbons (Fsp3) is 0.333. The summed E-state index contributed by atoms with van der Waals surface area (Å²) in [5.74, 6) is -0.154. The normalized spacial score (nSPS) is 14.8. The topological polar surface area (TPSA) is 52.7 Å². The molecule has 0 spiro atoms. The van der Waals surface area contributed by atoms with Crippen LogP contribution in [0.25, 0.3) is 0 Å². The van der Waals surface area contributed by atoms with Crippen molar-refractivity contribution < 1.29 is 9.59 Å². The van der Waals surface area contributed by atoms with Gasteiger partial charge in [0.05, 0.1) is 13.0 Å². The van der Waals surface area contributed by atoms with Crippen LogP contribution in [0.15, 0.2) is 54.6 Å². The Bertz CT molecular complexity index is 757. The summed E-state index contributed by atoms with van der Waals surface area (Å²) >= 11 is 5.92. The summed E-state index contributed by atoms with van der Waals surface area (Å²) in [5, 5.41) is 3.47. The van der Waals surface area contributed by atoms with Gasteiger partial charge in [0, 0.05) is 37.7 Å². The van der Waals surface area contributed by atoms with Gasteiger partial charge in [-0.3, -0.25) is 14.5 Å². The number of nitrogens with one attached hydrogen (secondary N) is 1. The van der Waals surface area contributed by atoms with Crippen molar-refractivity contribution in [1.82, 2.24) is 15.1 Å². The molecule has 27 heavy (non-hydrogen) atoms. The van der Waals surface area contributed by atoms with Gasteiger partial charge in [0.1, 0.15) is 0 Å². The highest BCUT2D eigenvalue weighted by molar-refractivity contribution is 6.30. The van der Waals surface area contributed by atoms with Crippen molar-refractivity contribution in [2.75, 3.05) is 32.7 Å². The van der Waals surface area contributed by atoms with Gasteiger partial charge in [0.25, 0.3) is 0 Å². The van der Waals surface area contributed by atoms with E-state index in [1.54, 1.807) is 0 Å². The molecule has 0 saturated carbocycles. The van der Waals surface area contributed by atoms with E-state index < -0.39 is 0 Å². The van der Waals surface area contributed by atoms with Crippen molar-refractivity contribution >= 4 is 23.4 Å². The molecule has 0 aliphatic carbocycles. The molecule has 3 rings (SSSR count). The number of nitrogens with zero attached hydrogens (tertiary/aromatic N) is 2. The summed E-state index contributed by atoms with van der Waals surface area (Å²) in [5.41, 5.74) is 2.16. The van der Waals surface area contributed by atoms with E-state index in [9.17, 15) is 9.59 Å². The predicted molar refractivity (Wildman–Crippen MR) is 106 cm³/mol. The van der Waals surface area contributed by atoms with Crippen LogP contribution in [0.4, 0.5) is 0 Å². The molecular formula is C21H24ClN3O2. The monoisotopic (exact) mass is 385 g/mol. The van der Waals surface area contributed by atoms with Crippen LogP contribution in [-0.4, -0.2) is 54.3 Å². The molecule has 0 bridgehead atoms. The highest BCUT2D eigenvalue weighted by atomic mass is 35.5. The van der Waals surface area contributed by atoms with Crippen LogP contribution in [0.5, 0.6) is 0 Å². The number of halogens is 1. The third-order valence-corrected chi connectivity index (χ3v) is 4.94. The molecule has 0 atom stereocenters. The van der Waals surface area contributed by atoms with Gasteiger partial charge >= 0.3 is 0 Å². The predicted octanol–water partition coefficient (Wildman–Crippen LogP) is 2.34. The number of carbonyl (C=O) groups is 2. The number of hydrogen-bond donors (Lipinski definition) is 1. The molecule has 5 nitrogen and oxygen atoms in total. The fourth-order valence-electron chi connectivity index (χ4n) is 3.13. The maximum absolute atomic E-state index is 12.3. The van der Waals surface area contributed by atoms with Crippen LogP contribution in [0.2, 0.25) is 5.02 Å². The summed E-state index contributed by atoms with van der Waals surface area (Å²) in [6, 6.07) is 17.4. The summed E-state index contributed by atoms with van der Waals surface area (Å²) in [6.45, 7) is 3.93. The van der Waals surface area contributed by atoms with Gasteiger partial charge in [-0.05, 0) is 23.3 Å². The molecule has 1 fully saturated rings. The van der Waals surface area contributed by atoms with Crippen LogP contribution in [0.1, 0.15) is 11.1 Å². The van der Waals surface area contributed by atoms with Crippen LogP contribution in [0.3, 0.4) is 0 Å². The summed E-state index contributed by atoms with van der Waals surface area (Å²) in [6.07, 6.45) is 0.295. The average Bonchev–Trinajstić information content (AvgIpc) is 2.69. The second-order valence-corrected chi connectivity index (χ2v) is 7.16. The zero-order valence-corrected chi connectivity index (χ0v) is 16.0. The zero-order chi connectivity index (χ0) is 19.1. The molecule has 1 aliphatic rings. The summed E-state index contributed by atoms with van der Waals surface area (Å²) in [7, 11) is 0. The van der Waals surface area contributed by atoms with Gasteiger partial charge in [-0.1, -0.05) is 54.1 Å². The lowest BCUT2D eigenvalue weighted by Gasteiger charge is -2.34. The van der Waals surface area contributed by atoms with Gasteiger partial charge in [0.15, 0.2) is 0 Å². The number of piperazine rings is 1. The van der Waals surface area contributed by atoms with Crippen molar-refractivity contribution in [3.05, 3.63) is 70.7 Å². The minimum Gasteiger partial charge on any atom is -0.347 e. The Kier molecular flexibility index (Phi) is 6.85. The maximum Gasteiger partial charge on any atom is 0.242 e. The molecule has 1 saturated heterocycles. The Balaban J connectivity index is 1.38. The van der Waals surface area contributed by atoms with Gasteiger partial charge < -0.3 is 10.2 Å². The lowest BCUT2D eigenvalue weighted by atomic mass is 10.1. The number of carbonyl (C=O) groups excluding carboxylic acids is 2. The molecule has 1 heterocycles. The highest BCUT2D eigenvalue weighted by Gasteiger charge is 2.21. The van der Waals surface area contributed by atoms with E-state index in [2.05, 4.69) is 10.2 Å². The van der Waals surface area contributed by atoms with E-state index in [1.165, 1.54) is 5.56 Å². The Morgan fingerprint density at radius 1 is 0.889 bits per heavy atom. The fourth-order valence-corrected chi connectivity index (χ4v) is 3.26. The Morgan fingerprint density at radius 3 is 2.22 bits per heavy atom. The molecule has 1 N–H and O–H groups in total.